The van der Waals surface area contributed by atoms with E-state index in [-0.39, 0.29) is 17.6 Å². The van der Waals surface area contributed by atoms with Gasteiger partial charge < -0.3 is 18.9 Å². The van der Waals surface area contributed by atoms with Crippen LogP contribution < -0.4 is 0 Å². The van der Waals surface area contributed by atoms with Crippen molar-refractivity contribution in [2.45, 2.75) is 59.0 Å². The number of amides is 2. The Balaban J connectivity index is 1.39. The molecule has 2 aliphatic rings. The highest BCUT2D eigenvalue weighted by Crippen LogP contribution is 2.29. The molecule has 2 aliphatic heterocycles. The molecule has 0 radical (unpaired) electrons. The van der Waals surface area contributed by atoms with Gasteiger partial charge in [0, 0.05) is 44.6 Å². The Labute approximate surface area is 170 Å². The third-order valence-corrected chi connectivity index (χ3v) is 5.70. The summed E-state index contributed by atoms with van der Waals surface area (Å²) < 4.78 is 7.25. The number of hydrogen-bond acceptors (Lipinski definition) is 6. The Morgan fingerprint density at radius 1 is 1.14 bits per heavy atom. The third kappa shape index (κ3) is 4.04. The van der Waals surface area contributed by atoms with E-state index in [0.717, 1.165) is 37.6 Å². The first-order valence-corrected chi connectivity index (χ1v) is 10.3. The van der Waals surface area contributed by atoms with Gasteiger partial charge >= 0.3 is 0 Å². The van der Waals surface area contributed by atoms with Crippen LogP contribution in [0.2, 0.25) is 0 Å². The van der Waals surface area contributed by atoms with Gasteiger partial charge in [0.05, 0.1) is 12.2 Å². The average molecular weight is 400 g/mol. The predicted molar refractivity (Wildman–Crippen MR) is 104 cm³/mol. The van der Waals surface area contributed by atoms with E-state index < -0.39 is 0 Å². The fraction of sp³-hybridized carbons (Fsp3) is 0.650. The number of carbonyl (C=O) groups excluding carboxylic acids is 2. The minimum atomic E-state index is -0.168. The highest BCUT2D eigenvalue weighted by Gasteiger charge is 2.31. The van der Waals surface area contributed by atoms with Crippen molar-refractivity contribution in [3.8, 4) is 0 Å². The largest absolute Gasteiger partial charge is 0.351 e. The van der Waals surface area contributed by atoms with Crippen LogP contribution in [-0.4, -0.2) is 61.2 Å². The molecule has 29 heavy (non-hydrogen) atoms. The molecule has 0 spiro atoms. The van der Waals surface area contributed by atoms with Crippen LogP contribution >= 0.6 is 0 Å². The molecule has 9 heteroatoms. The second kappa shape index (κ2) is 7.96. The maximum atomic E-state index is 12.6. The second-order valence-corrected chi connectivity index (χ2v) is 8.44. The second-order valence-electron chi connectivity index (χ2n) is 8.44. The van der Waals surface area contributed by atoms with Crippen LogP contribution in [0.15, 0.2) is 10.6 Å². The summed E-state index contributed by atoms with van der Waals surface area (Å²) in [6, 6.07) is 1.65. The van der Waals surface area contributed by atoms with E-state index in [1.54, 1.807) is 17.9 Å². The molecule has 0 aromatic carbocycles. The number of fused-ring (bicyclic) bond motifs is 1. The molecular formula is C20H28N6O3. The van der Waals surface area contributed by atoms with Crippen molar-refractivity contribution in [2.75, 3.05) is 19.6 Å². The minimum Gasteiger partial charge on any atom is -0.351 e. The first kappa shape index (κ1) is 19.6. The molecule has 0 saturated carbocycles. The van der Waals surface area contributed by atoms with Crippen molar-refractivity contribution < 1.29 is 14.1 Å². The van der Waals surface area contributed by atoms with E-state index >= 15 is 0 Å². The molecule has 4 rings (SSSR count). The summed E-state index contributed by atoms with van der Waals surface area (Å²) in [5.74, 6) is 2.81. The fourth-order valence-corrected chi connectivity index (χ4v) is 4.14. The van der Waals surface area contributed by atoms with E-state index in [1.807, 2.05) is 4.90 Å². The molecule has 0 N–H and O–H groups in total. The normalized spacial score (nSPS) is 17.7. The molecule has 9 nitrogen and oxygen atoms in total. The maximum Gasteiger partial charge on any atom is 0.292 e. The molecule has 0 aliphatic carbocycles. The van der Waals surface area contributed by atoms with Gasteiger partial charge in [0.25, 0.3) is 5.91 Å². The van der Waals surface area contributed by atoms with Crippen molar-refractivity contribution in [3.63, 3.8) is 0 Å². The van der Waals surface area contributed by atoms with Gasteiger partial charge in [0.1, 0.15) is 5.82 Å². The summed E-state index contributed by atoms with van der Waals surface area (Å²) in [6.45, 7) is 9.15. The first-order valence-electron chi connectivity index (χ1n) is 10.3. The number of carbonyl (C=O) groups is 2. The highest BCUT2D eigenvalue weighted by atomic mass is 16.5. The first-order chi connectivity index (χ1) is 13.9. The molecule has 4 heterocycles. The maximum absolute atomic E-state index is 12.6. The zero-order chi connectivity index (χ0) is 20.5. The van der Waals surface area contributed by atoms with Crippen LogP contribution in [0.3, 0.4) is 0 Å². The number of nitrogens with zero attached hydrogens (tertiary/aromatic N) is 6. The van der Waals surface area contributed by atoms with Crippen LogP contribution in [0.4, 0.5) is 0 Å². The molecule has 2 aromatic heterocycles. The molecule has 0 atom stereocenters. The molecule has 1 fully saturated rings. The third-order valence-electron chi connectivity index (χ3n) is 5.70. The molecular weight excluding hydrogens is 372 g/mol. The summed E-state index contributed by atoms with van der Waals surface area (Å²) in [7, 11) is 0. The van der Waals surface area contributed by atoms with Gasteiger partial charge in [-0.25, -0.2) is 0 Å². The Kier molecular flexibility index (Phi) is 5.38. The van der Waals surface area contributed by atoms with E-state index in [9.17, 15) is 9.59 Å². The van der Waals surface area contributed by atoms with Crippen LogP contribution in [-0.2, 0) is 17.9 Å². The van der Waals surface area contributed by atoms with Crippen LogP contribution in [0, 0.1) is 12.8 Å². The summed E-state index contributed by atoms with van der Waals surface area (Å²) in [6.07, 6.45) is 2.42. The van der Waals surface area contributed by atoms with Crippen molar-refractivity contribution in [1.82, 2.24) is 29.7 Å². The number of piperidine rings is 1. The fourth-order valence-electron chi connectivity index (χ4n) is 4.14. The lowest BCUT2D eigenvalue weighted by atomic mass is 9.95. The van der Waals surface area contributed by atoms with Crippen molar-refractivity contribution in [2.24, 2.45) is 5.92 Å². The number of aryl methyl sites for hydroxylation is 1. The van der Waals surface area contributed by atoms with Gasteiger partial charge in [0.2, 0.25) is 11.7 Å². The zero-order valence-electron chi connectivity index (χ0n) is 17.3. The topological polar surface area (TPSA) is 97.4 Å². The summed E-state index contributed by atoms with van der Waals surface area (Å²) in [5.41, 5.74) is 0.689. The Morgan fingerprint density at radius 2 is 1.90 bits per heavy atom. The highest BCUT2D eigenvalue weighted by molar-refractivity contribution is 5.91. The summed E-state index contributed by atoms with van der Waals surface area (Å²) in [5, 5.41) is 12.6. The van der Waals surface area contributed by atoms with Gasteiger partial charge in [-0.05, 0) is 25.7 Å². The molecule has 2 amide bonds. The van der Waals surface area contributed by atoms with Gasteiger partial charge in [0.15, 0.2) is 5.82 Å². The summed E-state index contributed by atoms with van der Waals surface area (Å²) in [4.78, 5) is 28.6. The van der Waals surface area contributed by atoms with E-state index in [4.69, 9.17) is 4.52 Å². The van der Waals surface area contributed by atoms with Crippen LogP contribution in [0.5, 0.6) is 0 Å². The Bertz CT molecular complexity index is 894. The SMILES string of the molecule is Cc1cc(C(=O)N2CCn3c(nnc3C3CCN(C(=O)CC(C)C)CC3)C2)on1. The van der Waals surface area contributed by atoms with Gasteiger partial charge in [-0.3, -0.25) is 9.59 Å². The zero-order valence-corrected chi connectivity index (χ0v) is 17.3. The number of likely N-dealkylation sites (tertiary alicyclic amines) is 1. The van der Waals surface area contributed by atoms with Crippen LogP contribution in [0.25, 0.3) is 0 Å². The number of rotatable bonds is 4. The molecule has 156 valence electrons. The van der Waals surface area contributed by atoms with Crippen molar-refractivity contribution in [3.05, 3.63) is 29.2 Å². The van der Waals surface area contributed by atoms with E-state index in [1.165, 1.54) is 0 Å². The lowest BCUT2D eigenvalue weighted by molar-refractivity contribution is -0.133. The number of hydrogen-bond donors (Lipinski definition) is 0. The Morgan fingerprint density at radius 3 is 2.55 bits per heavy atom. The minimum absolute atomic E-state index is 0.168. The monoisotopic (exact) mass is 400 g/mol. The van der Waals surface area contributed by atoms with E-state index in [0.29, 0.717) is 43.6 Å². The quantitative estimate of drug-likeness (QED) is 0.778. The average Bonchev–Trinajstić information content (AvgIpc) is 3.32. The van der Waals surface area contributed by atoms with Crippen LogP contribution in [0.1, 0.15) is 66.9 Å². The lowest BCUT2D eigenvalue weighted by Gasteiger charge is -2.33. The van der Waals surface area contributed by atoms with Gasteiger partial charge in [-0.1, -0.05) is 19.0 Å². The molecule has 0 unspecified atom stereocenters. The van der Waals surface area contributed by atoms with Crippen molar-refractivity contribution in [1.29, 1.82) is 0 Å². The predicted octanol–water partition coefficient (Wildman–Crippen LogP) is 1.98. The van der Waals surface area contributed by atoms with E-state index in [2.05, 4.69) is 33.8 Å². The molecule has 2 aromatic rings. The molecule has 1 saturated heterocycles. The summed E-state index contributed by atoms with van der Waals surface area (Å²) >= 11 is 0. The molecule has 0 bridgehead atoms. The van der Waals surface area contributed by atoms with Gasteiger partial charge in [-0.15, -0.1) is 10.2 Å². The Hall–Kier alpha value is -2.71. The lowest BCUT2D eigenvalue weighted by Crippen LogP contribution is -2.40. The van der Waals surface area contributed by atoms with Crippen molar-refractivity contribution >= 4 is 11.8 Å². The standard InChI is InChI=1S/C20H28N6O3/c1-13(2)10-18(27)24-6-4-15(5-7-24)19-22-21-17-12-25(8-9-26(17)19)20(28)16-11-14(3)23-29-16/h11,13,15H,4-10,12H2,1-3H3. The van der Waals surface area contributed by atoms with Gasteiger partial charge in [-0.2, -0.15) is 0 Å². The number of aromatic nitrogens is 4. The smallest absolute Gasteiger partial charge is 0.292 e.